The molecule has 0 saturated heterocycles. The van der Waals surface area contributed by atoms with Gasteiger partial charge in [-0.1, -0.05) is 74.9 Å². The molecule has 0 N–H and O–H groups in total. The minimum Gasteiger partial charge on any atom is -0.372 e. The smallest absolute Gasteiger partial charge is 0.168 e. The van der Waals surface area contributed by atoms with E-state index in [0.29, 0.717) is 0 Å². The van der Waals surface area contributed by atoms with E-state index >= 15 is 4.57 Å². The molecule has 1 unspecified atom stereocenters. The van der Waals surface area contributed by atoms with Crippen LogP contribution in [0.25, 0.3) is 5.57 Å². The van der Waals surface area contributed by atoms with Crippen molar-refractivity contribution in [3.05, 3.63) is 94.8 Å². The Morgan fingerprint density at radius 3 is 2.00 bits per heavy atom. The Balaban J connectivity index is 1.75. The number of rotatable bonds is 10. The number of hydrogen-bond donors (Lipinski definition) is 0. The van der Waals surface area contributed by atoms with Gasteiger partial charge in [-0.05, 0) is 87.1 Å². The van der Waals surface area contributed by atoms with Gasteiger partial charge in [-0.15, -0.1) is 0 Å². The number of nitrogens with zero attached hydrogens (tertiary/aromatic N) is 1. The summed E-state index contributed by atoms with van der Waals surface area (Å²) in [6.45, 7) is 10.8. The van der Waals surface area contributed by atoms with Crippen LogP contribution in [0.4, 0.5) is 5.69 Å². The predicted octanol–water partition coefficient (Wildman–Crippen LogP) is 8.35. The van der Waals surface area contributed by atoms with Crippen LogP contribution in [0.1, 0.15) is 82.9 Å². The Kier molecular flexibility index (Phi) is 9.13. The molecule has 1 aliphatic rings. The van der Waals surface area contributed by atoms with Crippen molar-refractivity contribution in [3.63, 3.8) is 0 Å². The first-order valence-corrected chi connectivity index (χ1v) is 15.7. The summed E-state index contributed by atoms with van der Waals surface area (Å²) in [4.78, 5) is 2.33. The van der Waals surface area contributed by atoms with Crippen molar-refractivity contribution >= 4 is 29.0 Å². The van der Waals surface area contributed by atoms with Gasteiger partial charge in [0.05, 0.1) is 0 Å². The quantitative estimate of drug-likeness (QED) is 0.202. The molecule has 0 aromatic heterocycles. The fourth-order valence-electron chi connectivity index (χ4n) is 5.32. The molecule has 0 spiro atoms. The molecule has 2 nitrogen and oxygen atoms in total. The normalized spacial score (nSPS) is 16.3. The van der Waals surface area contributed by atoms with Gasteiger partial charge in [0.1, 0.15) is 0 Å². The highest BCUT2D eigenvalue weighted by Crippen LogP contribution is 2.62. The second-order valence-electron chi connectivity index (χ2n) is 9.78. The molecule has 3 aromatic carbocycles. The van der Waals surface area contributed by atoms with Gasteiger partial charge in [-0.3, -0.25) is 0 Å². The molecule has 192 valence electrons. The van der Waals surface area contributed by atoms with Gasteiger partial charge in [0.2, 0.25) is 0 Å². The van der Waals surface area contributed by atoms with Gasteiger partial charge in [-0.2, -0.15) is 0 Å². The lowest BCUT2D eigenvalue weighted by atomic mass is 9.97. The summed E-state index contributed by atoms with van der Waals surface area (Å²) < 4.78 is 15.1. The molecule has 0 saturated carbocycles. The van der Waals surface area contributed by atoms with Gasteiger partial charge in [0.15, 0.2) is 7.14 Å². The Bertz CT molecular complexity index is 1340. The van der Waals surface area contributed by atoms with Gasteiger partial charge >= 0.3 is 0 Å². The van der Waals surface area contributed by atoms with E-state index in [2.05, 4.69) is 99.0 Å². The molecule has 4 rings (SSSR count). The van der Waals surface area contributed by atoms with Crippen LogP contribution in [0.2, 0.25) is 0 Å². The van der Waals surface area contributed by atoms with Crippen molar-refractivity contribution in [2.24, 2.45) is 0 Å². The number of hydrogen-bond acceptors (Lipinski definition) is 2. The summed E-state index contributed by atoms with van der Waals surface area (Å²) in [5, 5.41) is 3.12. The molecule has 3 aromatic rings. The van der Waals surface area contributed by atoms with Crippen LogP contribution in [-0.2, 0) is 4.57 Å². The Morgan fingerprint density at radius 2 is 1.35 bits per heavy atom. The lowest BCUT2D eigenvalue weighted by molar-refractivity contribution is 0.589. The second kappa shape index (κ2) is 12.5. The molecule has 1 heterocycles. The maximum Gasteiger partial charge on any atom is 0.168 e. The SMILES string of the molecule is CCCCC1=C(CCCC)P(=O)(c2ccccc2)c2cc(C#Cc3ccc(N(CC)CC)cc3)ccc21. The maximum absolute atomic E-state index is 15.1. The lowest BCUT2D eigenvalue weighted by Gasteiger charge is -2.20. The van der Waals surface area contributed by atoms with Gasteiger partial charge in [0.25, 0.3) is 0 Å². The molecule has 3 heteroatoms. The first kappa shape index (κ1) is 27.0. The third kappa shape index (κ3) is 5.63. The van der Waals surface area contributed by atoms with Crippen molar-refractivity contribution in [1.82, 2.24) is 0 Å². The van der Waals surface area contributed by atoms with Crippen LogP contribution >= 0.6 is 7.14 Å². The van der Waals surface area contributed by atoms with Gasteiger partial charge in [-0.25, -0.2) is 0 Å². The highest BCUT2D eigenvalue weighted by Gasteiger charge is 2.41. The van der Waals surface area contributed by atoms with E-state index in [4.69, 9.17) is 0 Å². The van der Waals surface area contributed by atoms with Gasteiger partial charge in [0, 0.05) is 45.8 Å². The zero-order valence-corrected chi connectivity index (χ0v) is 23.8. The molecule has 0 fully saturated rings. The summed E-state index contributed by atoms with van der Waals surface area (Å²) in [5.41, 5.74) is 5.65. The second-order valence-corrected chi connectivity index (χ2v) is 12.5. The van der Waals surface area contributed by atoms with E-state index < -0.39 is 7.14 Å². The van der Waals surface area contributed by atoms with E-state index in [1.54, 1.807) is 0 Å². The van der Waals surface area contributed by atoms with E-state index in [1.165, 1.54) is 22.1 Å². The highest BCUT2D eigenvalue weighted by molar-refractivity contribution is 7.83. The van der Waals surface area contributed by atoms with E-state index in [-0.39, 0.29) is 0 Å². The Labute approximate surface area is 224 Å². The summed E-state index contributed by atoms with van der Waals surface area (Å²) in [6, 6.07) is 25.0. The van der Waals surface area contributed by atoms with Crippen LogP contribution < -0.4 is 15.5 Å². The predicted molar refractivity (Wildman–Crippen MR) is 162 cm³/mol. The molecular weight excluding hydrogens is 469 g/mol. The molecule has 0 bridgehead atoms. The van der Waals surface area contributed by atoms with Crippen LogP contribution in [0, 0.1) is 11.8 Å². The topological polar surface area (TPSA) is 20.3 Å². The average molecular weight is 510 g/mol. The first-order valence-electron chi connectivity index (χ1n) is 14.0. The molecule has 0 radical (unpaired) electrons. The summed E-state index contributed by atoms with van der Waals surface area (Å²) in [7, 11) is -2.89. The molecule has 0 amide bonds. The number of allylic oxidation sites excluding steroid dienone is 2. The third-order valence-electron chi connectivity index (χ3n) is 7.40. The van der Waals surface area contributed by atoms with E-state index in [1.807, 2.05) is 18.2 Å². The van der Waals surface area contributed by atoms with Crippen LogP contribution in [0.5, 0.6) is 0 Å². The average Bonchev–Trinajstić information content (AvgIpc) is 3.18. The third-order valence-corrected chi connectivity index (χ3v) is 10.7. The number of unbranched alkanes of at least 4 members (excludes halogenated alkanes) is 2. The molecule has 37 heavy (non-hydrogen) atoms. The molecule has 1 aliphatic heterocycles. The summed E-state index contributed by atoms with van der Waals surface area (Å²) in [5.74, 6) is 6.71. The summed E-state index contributed by atoms with van der Waals surface area (Å²) >= 11 is 0. The monoisotopic (exact) mass is 509 g/mol. The van der Waals surface area contributed by atoms with Crippen LogP contribution in [-0.4, -0.2) is 13.1 Å². The maximum atomic E-state index is 15.1. The van der Waals surface area contributed by atoms with Crippen molar-refractivity contribution in [1.29, 1.82) is 0 Å². The van der Waals surface area contributed by atoms with Crippen molar-refractivity contribution in [3.8, 4) is 11.8 Å². The number of benzene rings is 3. The van der Waals surface area contributed by atoms with Crippen molar-refractivity contribution in [2.45, 2.75) is 66.2 Å². The minimum atomic E-state index is -2.89. The lowest BCUT2D eigenvalue weighted by Crippen LogP contribution is -2.21. The standard InChI is InChI=1S/C34H40NOP/c1-5-9-16-31-32-25-22-28(19-18-27-20-23-29(24-21-27)35(7-3)8-4)26-34(32)37(36,33(31)17-10-6-2)30-14-12-11-13-15-30/h11-15,20-26H,5-10,16-17H2,1-4H3. The number of fused-ring (bicyclic) bond motifs is 1. The molecule has 0 aliphatic carbocycles. The summed E-state index contributed by atoms with van der Waals surface area (Å²) in [6.07, 6.45) is 6.29. The van der Waals surface area contributed by atoms with E-state index in [0.717, 1.165) is 73.4 Å². The van der Waals surface area contributed by atoms with Crippen molar-refractivity contribution < 1.29 is 4.57 Å². The molecule has 1 atom stereocenters. The minimum absolute atomic E-state index is 0.899. The fourth-order valence-corrected chi connectivity index (χ4v) is 8.75. The van der Waals surface area contributed by atoms with Crippen molar-refractivity contribution in [2.75, 3.05) is 18.0 Å². The van der Waals surface area contributed by atoms with Crippen LogP contribution in [0.15, 0.2) is 78.1 Å². The Hall–Kier alpha value is -3.01. The van der Waals surface area contributed by atoms with Gasteiger partial charge < -0.3 is 9.46 Å². The largest absolute Gasteiger partial charge is 0.372 e. The van der Waals surface area contributed by atoms with Crippen LogP contribution in [0.3, 0.4) is 0 Å². The zero-order chi connectivity index (χ0) is 26.3. The highest BCUT2D eigenvalue weighted by atomic mass is 31.2. The van der Waals surface area contributed by atoms with E-state index in [9.17, 15) is 0 Å². The fraction of sp³-hybridized carbons (Fsp3) is 0.353. The first-order chi connectivity index (χ1) is 18.1. The molecular formula is C34H40NOP. The Morgan fingerprint density at radius 1 is 0.730 bits per heavy atom. The zero-order valence-electron chi connectivity index (χ0n) is 22.9. The number of anilines is 1.